The lowest BCUT2D eigenvalue weighted by molar-refractivity contribution is 0.0690. The molecule has 1 aliphatic heterocycles. The van der Waals surface area contributed by atoms with Crippen LogP contribution in [0.3, 0.4) is 0 Å². The van der Waals surface area contributed by atoms with Crippen molar-refractivity contribution >= 4 is 50.9 Å². The van der Waals surface area contributed by atoms with Gasteiger partial charge in [-0.15, -0.1) is 22.7 Å². The van der Waals surface area contributed by atoms with E-state index in [1.165, 1.54) is 27.6 Å². The van der Waals surface area contributed by atoms with E-state index in [4.69, 9.17) is 4.74 Å². The fourth-order valence-corrected chi connectivity index (χ4v) is 8.03. The quantitative estimate of drug-likeness (QED) is 0.150. The third-order valence-electron chi connectivity index (χ3n) is 8.33. The summed E-state index contributed by atoms with van der Waals surface area (Å²) in [5.74, 6) is -0.578. The number of pyridine rings is 1. The molecule has 1 amide bonds. The van der Waals surface area contributed by atoms with Gasteiger partial charge in [0.05, 0.1) is 12.3 Å². The van der Waals surface area contributed by atoms with Gasteiger partial charge in [0.2, 0.25) is 0 Å². The number of benzene rings is 2. The molecule has 0 saturated heterocycles. The molecule has 4 heterocycles. The van der Waals surface area contributed by atoms with E-state index in [1.54, 1.807) is 12.3 Å². The highest BCUT2D eigenvalue weighted by molar-refractivity contribution is 7.16. The number of nitrogens with one attached hydrogen (secondary N) is 1. The second-order valence-corrected chi connectivity index (χ2v) is 13.5. The minimum Gasteiger partial charge on any atom is -0.494 e. The molecule has 1 aliphatic carbocycles. The minimum atomic E-state index is -1.06. The standard InChI is InChI=1S/C36H30N6O4S2/c37-20-29-25(8-4-17-38-29)23-12-14-24(15-13-23)46-19-5-11-31-32(34(44)45)40-36(48-31)42-18-16-22-6-3-7-26(27(22)21-42)33(43)41-35-39-28-9-1-2-10-30(28)47-35/h1,3-4,6-9,12-15,17H,2,5,10-11,16,18-19,21H2,(H,44,45)(H,39,41,43). The zero-order valence-corrected chi connectivity index (χ0v) is 27.4. The molecule has 2 N–H and O–H groups in total. The van der Waals surface area contributed by atoms with E-state index in [1.807, 2.05) is 54.6 Å². The van der Waals surface area contributed by atoms with E-state index in [9.17, 15) is 20.0 Å². The third kappa shape index (κ3) is 6.56. The van der Waals surface area contributed by atoms with Crippen LogP contribution < -0.4 is 15.0 Å². The average Bonchev–Trinajstić information content (AvgIpc) is 3.74. The SMILES string of the molecule is N#Cc1ncccc1-c1ccc(OCCCc2sc(N3CCc4cccc(C(=O)Nc5nc6c(s5)CCC=C6)c4C3)nc2C(=O)O)cc1. The molecule has 12 heteroatoms. The summed E-state index contributed by atoms with van der Waals surface area (Å²) in [7, 11) is 0. The Labute approximate surface area is 285 Å². The van der Waals surface area contributed by atoms with Crippen molar-refractivity contribution < 1.29 is 19.4 Å². The molecule has 0 fully saturated rings. The number of hydrogen-bond acceptors (Lipinski definition) is 10. The van der Waals surface area contributed by atoms with E-state index in [-0.39, 0.29) is 11.6 Å². The van der Waals surface area contributed by atoms with Gasteiger partial charge in [-0.2, -0.15) is 5.26 Å². The maximum absolute atomic E-state index is 13.4. The van der Waals surface area contributed by atoms with Gasteiger partial charge in [-0.1, -0.05) is 30.3 Å². The lowest BCUT2D eigenvalue weighted by atomic mass is 9.94. The number of aromatic nitrogens is 3. The van der Waals surface area contributed by atoms with Gasteiger partial charge in [0, 0.05) is 40.2 Å². The first-order chi connectivity index (χ1) is 23.5. The van der Waals surface area contributed by atoms with Crippen LogP contribution in [0.4, 0.5) is 10.3 Å². The van der Waals surface area contributed by atoms with Gasteiger partial charge in [0.15, 0.2) is 16.0 Å². The highest BCUT2D eigenvalue weighted by atomic mass is 32.1. The summed E-state index contributed by atoms with van der Waals surface area (Å²) in [6.07, 6.45) is 9.44. The number of carboxylic acids is 1. The van der Waals surface area contributed by atoms with Crippen LogP contribution >= 0.6 is 22.7 Å². The molecule has 2 aliphatic rings. The van der Waals surface area contributed by atoms with Gasteiger partial charge in [-0.3, -0.25) is 10.1 Å². The summed E-state index contributed by atoms with van der Waals surface area (Å²) in [4.78, 5) is 42.8. The number of anilines is 2. The summed E-state index contributed by atoms with van der Waals surface area (Å²) < 4.78 is 5.94. The lowest BCUT2D eigenvalue weighted by Gasteiger charge is -2.29. The van der Waals surface area contributed by atoms with E-state index in [0.717, 1.165) is 47.2 Å². The Morgan fingerprint density at radius 1 is 1.06 bits per heavy atom. The van der Waals surface area contributed by atoms with E-state index >= 15 is 0 Å². The van der Waals surface area contributed by atoms with Crippen LogP contribution in [0.1, 0.15) is 66.0 Å². The molecule has 0 saturated carbocycles. The topological polar surface area (TPSA) is 141 Å². The fraction of sp³-hybridized carbons (Fsp3) is 0.222. The number of ether oxygens (including phenoxy) is 1. The molecule has 48 heavy (non-hydrogen) atoms. The van der Waals surface area contributed by atoms with Gasteiger partial charge >= 0.3 is 5.97 Å². The smallest absolute Gasteiger partial charge is 0.355 e. The molecule has 0 atom stereocenters. The van der Waals surface area contributed by atoms with Gasteiger partial charge < -0.3 is 14.7 Å². The van der Waals surface area contributed by atoms with Crippen molar-refractivity contribution in [3.63, 3.8) is 0 Å². The van der Waals surface area contributed by atoms with Crippen LogP contribution in [0.25, 0.3) is 17.2 Å². The zero-order valence-electron chi connectivity index (χ0n) is 25.8. The molecule has 7 rings (SSSR count). The molecule has 3 aromatic heterocycles. The summed E-state index contributed by atoms with van der Waals surface area (Å²) >= 11 is 2.90. The van der Waals surface area contributed by atoms with Gasteiger partial charge in [-0.25, -0.2) is 19.7 Å². The molecule has 0 bridgehead atoms. The molecule has 240 valence electrons. The second-order valence-electron chi connectivity index (χ2n) is 11.4. The number of carbonyl (C=O) groups excluding carboxylic acids is 1. The van der Waals surface area contributed by atoms with Crippen LogP contribution in [0.15, 0.2) is 66.9 Å². The van der Waals surface area contributed by atoms with E-state index in [2.05, 4.69) is 37.3 Å². The monoisotopic (exact) mass is 674 g/mol. The highest BCUT2D eigenvalue weighted by Crippen LogP contribution is 2.34. The van der Waals surface area contributed by atoms with Crippen molar-refractivity contribution in [3.8, 4) is 22.9 Å². The van der Waals surface area contributed by atoms with Crippen LogP contribution in [-0.4, -0.2) is 45.1 Å². The van der Waals surface area contributed by atoms with Crippen LogP contribution in [0, 0.1) is 11.3 Å². The predicted octanol–water partition coefficient (Wildman–Crippen LogP) is 7.02. The number of hydrogen-bond donors (Lipinski definition) is 2. The molecule has 0 unspecified atom stereocenters. The lowest BCUT2D eigenvalue weighted by Crippen LogP contribution is -2.32. The molecule has 5 aromatic rings. The van der Waals surface area contributed by atoms with Gasteiger partial charge in [0.1, 0.15) is 17.5 Å². The Morgan fingerprint density at radius 3 is 2.75 bits per heavy atom. The molecule has 2 aromatic carbocycles. The first-order valence-electron chi connectivity index (χ1n) is 15.6. The molecule has 0 radical (unpaired) electrons. The number of nitriles is 1. The van der Waals surface area contributed by atoms with Crippen LogP contribution in [0.5, 0.6) is 5.75 Å². The number of amides is 1. The van der Waals surface area contributed by atoms with Crippen molar-refractivity contribution in [3.05, 3.63) is 110 Å². The number of nitrogens with zero attached hydrogens (tertiary/aromatic N) is 5. The average molecular weight is 675 g/mol. The van der Waals surface area contributed by atoms with Crippen molar-refractivity contribution in [2.75, 3.05) is 23.4 Å². The number of carbonyl (C=O) groups is 2. The summed E-state index contributed by atoms with van der Waals surface area (Å²) in [5, 5.41) is 23.5. The van der Waals surface area contributed by atoms with Crippen LogP contribution in [-0.2, 0) is 25.8 Å². The number of carboxylic acid groups (broad SMARTS) is 1. The number of aryl methyl sites for hydroxylation is 2. The third-order valence-corrected chi connectivity index (χ3v) is 10.6. The van der Waals surface area contributed by atoms with Gasteiger partial charge in [0.25, 0.3) is 5.91 Å². The molecular formula is C36H30N6O4S2. The Bertz CT molecular complexity index is 2080. The van der Waals surface area contributed by atoms with E-state index in [0.29, 0.717) is 64.7 Å². The van der Waals surface area contributed by atoms with E-state index < -0.39 is 5.97 Å². The van der Waals surface area contributed by atoms with Gasteiger partial charge in [-0.05, 0) is 85.2 Å². The number of rotatable bonds is 10. The fourth-order valence-electron chi connectivity index (χ4n) is 5.95. The number of thiazole rings is 2. The Hall–Kier alpha value is -5.38. The summed E-state index contributed by atoms with van der Waals surface area (Å²) in [5.41, 5.74) is 5.60. The highest BCUT2D eigenvalue weighted by Gasteiger charge is 2.27. The first kappa shape index (κ1) is 31.2. The number of fused-ring (bicyclic) bond motifs is 2. The normalized spacial score (nSPS) is 13.4. The number of allylic oxidation sites excluding steroid dienone is 1. The Balaban J connectivity index is 0.997. The maximum atomic E-state index is 13.4. The Kier molecular flexibility index (Phi) is 8.96. The summed E-state index contributed by atoms with van der Waals surface area (Å²) in [6, 6.07) is 19.0. The van der Waals surface area contributed by atoms with Crippen molar-refractivity contribution in [1.82, 2.24) is 15.0 Å². The zero-order chi connectivity index (χ0) is 33.0. The first-order valence-corrected chi connectivity index (χ1v) is 17.2. The Morgan fingerprint density at radius 2 is 1.94 bits per heavy atom. The number of aromatic carboxylic acids is 1. The maximum Gasteiger partial charge on any atom is 0.355 e. The van der Waals surface area contributed by atoms with Crippen molar-refractivity contribution in [2.24, 2.45) is 0 Å². The minimum absolute atomic E-state index is 0.0581. The van der Waals surface area contributed by atoms with Crippen molar-refractivity contribution in [1.29, 1.82) is 5.26 Å². The van der Waals surface area contributed by atoms with Crippen LogP contribution in [0.2, 0.25) is 0 Å². The predicted molar refractivity (Wildman–Crippen MR) is 186 cm³/mol. The molecule has 10 nitrogen and oxygen atoms in total. The second kappa shape index (κ2) is 13.8. The summed E-state index contributed by atoms with van der Waals surface area (Å²) in [6.45, 7) is 1.52. The largest absolute Gasteiger partial charge is 0.494 e. The molecule has 0 spiro atoms. The van der Waals surface area contributed by atoms with Crippen molar-refractivity contribution in [2.45, 2.75) is 38.6 Å². The molecular weight excluding hydrogens is 645 g/mol.